The van der Waals surface area contributed by atoms with Crippen molar-refractivity contribution >= 4 is 44.5 Å². The van der Waals surface area contributed by atoms with Gasteiger partial charge >= 0.3 is 0 Å². The van der Waals surface area contributed by atoms with E-state index in [4.69, 9.17) is 0 Å². The summed E-state index contributed by atoms with van der Waals surface area (Å²) < 4.78 is 25.8. The molecular formula is C11H15BrN2O3S2. The van der Waals surface area contributed by atoms with Gasteiger partial charge in [0.15, 0.2) is 0 Å². The largest absolute Gasteiger partial charge is 0.351 e. The molecule has 1 aromatic carbocycles. The Hall–Kier alpha value is -0.570. The van der Waals surface area contributed by atoms with E-state index in [9.17, 15) is 13.2 Å². The van der Waals surface area contributed by atoms with Crippen molar-refractivity contribution in [2.24, 2.45) is 0 Å². The summed E-state index contributed by atoms with van der Waals surface area (Å²) in [4.78, 5) is 12.5. The van der Waals surface area contributed by atoms with Crippen molar-refractivity contribution in [3.8, 4) is 0 Å². The highest BCUT2D eigenvalue weighted by atomic mass is 79.9. The van der Waals surface area contributed by atoms with E-state index in [1.807, 2.05) is 0 Å². The van der Waals surface area contributed by atoms with Crippen LogP contribution in [0.25, 0.3) is 0 Å². The Kier molecular flexibility index (Phi) is 6.31. The molecule has 106 valence electrons. The second-order valence-corrected chi connectivity index (χ2v) is 7.03. The van der Waals surface area contributed by atoms with Crippen LogP contribution in [0.3, 0.4) is 0 Å². The van der Waals surface area contributed by atoms with Crippen LogP contribution in [0.1, 0.15) is 17.3 Å². The van der Waals surface area contributed by atoms with E-state index in [1.165, 1.54) is 0 Å². The van der Waals surface area contributed by atoms with Gasteiger partial charge in [-0.25, -0.2) is 13.1 Å². The Morgan fingerprint density at radius 3 is 2.74 bits per heavy atom. The zero-order valence-corrected chi connectivity index (χ0v) is 13.6. The number of hydrogen-bond donors (Lipinski definition) is 3. The van der Waals surface area contributed by atoms with Crippen LogP contribution < -0.4 is 10.0 Å². The minimum absolute atomic E-state index is 0.0530. The van der Waals surface area contributed by atoms with Crippen molar-refractivity contribution in [1.82, 2.24) is 10.0 Å². The first-order valence-electron chi connectivity index (χ1n) is 5.60. The smallest absolute Gasteiger partial charge is 0.252 e. The molecule has 1 amide bonds. The molecular weight excluding hydrogens is 352 g/mol. The number of thiol groups is 1. The third-order valence-corrected chi connectivity index (χ3v) is 4.65. The van der Waals surface area contributed by atoms with Crippen molar-refractivity contribution in [2.45, 2.75) is 11.8 Å². The molecule has 19 heavy (non-hydrogen) atoms. The molecule has 0 aliphatic heterocycles. The highest BCUT2D eigenvalue weighted by Gasteiger charge is 2.12. The highest BCUT2D eigenvalue weighted by Crippen LogP contribution is 2.19. The van der Waals surface area contributed by atoms with Gasteiger partial charge in [-0.3, -0.25) is 4.79 Å². The first-order chi connectivity index (χ1) is 8.85. The third kappa shape index (κ3) is 5.52. The SMILES string of the molecule is CCNS(=O)(=O)CCNC(=O)c1cc(S)ccc1Br. The van der Waals surface area contributed by atoms with Gasteiger partial charge in [-0.1, -0.05) is 6.92 Å². The lowest BCUT2D eigenvalue weighted by molar-refractivity contribution is 0.0955. The Bertz CT molecular complexity index is 561. The number of carbonyl (C=O) groups excluding carboxylic acids is 1. The number of rotatable bonds is 6. The fraction of sp³-hybridized carbons (Fsp3) is 0.364. The first-order valence-corrected chi connectivity index (χ1v) is 8.49. The van der Waals surface area contributed by atoms with E-state index in [1.54, 1.807) is 25.1 Å². The summed E-state index contributed by atoms with van der Waals surface area (Å²) in [5.41, 5.74) is 0.424. The summed E-state index contributed by atoms with van der Waals surface area (Å²) in [5, 5.41) is 2.56. The first kappa shape index (κ1) is 16.5. The number of hydrogen-bond acceptors (Lipinski definition) is 4. The van der Waals surface area contributed by atoms with Crippen LogP contribution in [0.2, 0.25) is 0 Å². The second kappa shape index (κ2) is 7.28. The quantitative estimate of drug-likeness (QED) is 0.666. The number of nitrogens with one attached hydrogen (secondary N) is 2. The van der Waals surface area contributed by atoms with E-state index >= 15 is 0 Å². The molecule has 0 aliphatic carbocycles. The molecule has 0 atom stereocenters. The van der Waals surface area contributed by atoms with Crippen LogP contribution in [-0.2, 0) is 10.0 Å². The summed E-state index contributed by atoms with van der Waals surface area (Å²) in [6.07, 6.45) is 0. The van der Waals surface area contributed by atoms with Gasteiger partial charge in [0.1, 0.15) is 0 Å². The van der Waals surface area contributed by atoms with Crippen molar-refractivity contribution in [3.05, 3.63) is 28.2 Å². The van der Waals surface area contributed by atoms with E-state index in [0.717, 1.165) is 0 Å². The van der Waals surface area contributed by atoms with Gasteiger partial charge in [0.25, 0.3) is 5.91 Å². The van der Waals surface area contributed by atoms with Crippen molar-refractivity contribution < 1.29 is 13.2 Å². The third-order valence-electron chi connectivity index (χ3n) is 2.22. The molecule has 0 aliphatic rings. The lowest BCUT2D eigenvalue weighted by Gasteiger charge is -2.08. The molecule has 0 spiro atoms. The predicted octanol–water partition coefficient (Wildman–Crippen LogP) is 1.41. The van der Waals surface area contributed by atoms with Gasteiger partial charge < -0.3 is 5.32 Å². The van der Waals surface area contributed by atoms with Gasteiger partial charge in [0.05, 0.1) is 11.3 Å². The maximum Gasteiger partial charge on any atom is 0.252 e. The normalized spacial score (nSPS) is 11.3. The zero-order valence-electron chi connectivity index (χ0n) is 10.3. The van der Waals surface area contributed by atoms with Crippen LogP contribution in [0.5, 0.6) is 0 Å². The molecule has 0 bridgehead atoms. The van der Waals surface area contributed by atoms with Gasteiger partial charge in [-0.05, 0) is 34.1 Å². The number of halogens is 1. The average Bonchev–Trinajstić information content (AvgIpc) is 2.31. The molecule has 0 saturated heterocycles. The Morgan fingerprint density at radius 2 is 2.11 bits per heavy atom. The summed E-state index contributed by atoms with van der Waals surface area (Å²) in [6.45, 7) is 2.09. The number of sulfonamides is 1. The summed E-state index contributed by atoms with van der Waals surface area (Å²) in [5.74, 6) is -0.487. The molecule has 0 fully saturated rings. The molecule has 0 saturated carbocycles. The number of carbonyl (C=O) groups is 1. The van der Waals surface area contributed by atoms with Crippen LogP contribution in [0, 0.1) is 0 Å². The fourth-order valence-electron chi connectivity index (χ4n) is 1.37. The number of benzene rings is 1. The molecule has 1 aromatic rings. The van der Waals surface area contributed by atoms with E-state index in [0.29, 0.717) is 21.5 Å². The van der Waals surface area contributed by atoms with Crippen molar-refractivity contribution in [1.29, 1.82) is 0 Å². The standard InChI is InChI=1S/C11H15BrN2O3S2/c1-2-14-19(16,17)6-5-13-11(15)9-7-8(18)3-4-10(9)12/h3-4,7,14,18H,2,5-6H2,1H3,(H,13,15). The van der Waals surface area contributed by atoms with Gasteiger partial charge in [0, 0.05) is 22.5 Å². The van der Waals surface area contributed by atoms with Crippen LogP contribution >= 0.6 is 28.6 Å². The zero-order chi connectivity index (χ0) is 14.5. The Balaban J connectivity index is 2.59. The van der Waals surface area contributed by atoms with Crippen molar-refractivity contribution in [2.75, 3.05) is 18.8 Å². The van der Waals surface area contributed by atoms with Gasteiger partial charge in [0.2, 0.25) is 10.0 Å². The molecule has 1 rings (SSSR count). The fourth-order valence-corrected chi connectivity index (χ4v) is 2.96. The van der Waals surface area contributed by atoms with E-state index in [2.05, 4.69) is 38.6 Å². The molecule has 0 radical (unpaired) electrons. The summed E-state index contributed by atoms with van der Waals surface area (Å²) in [6, 6.07) is 5.08. The molecule has 0 unspecified atom stereocenters. The van der Waals surface area contributed by atoms with Crippen molar-refractivity contribution in [3.63, 3.8) is 0 Å². The lowest BCUT2D eigenvalue weighted by atomic mass is 10.2. The molecule has 0 heterocycles. The maximum absolute atomic E-state index is 11.9. The van der Waals surface area contributed by atoms with Crippen LogP contribution in [0.15, 0.2) is 27.6 Å². The molecule has 2 N–H and O–H groups in total. The Morgan fingerprint density at radius 1 is 1.42 bits per heavy atom. The maximum atomic E-state index is 11.9. The Labute approximate surface area is 126 Å². The summed E-state index contributed by atoms with van der Waals surface area (Å²) in [7, 11) is -3.32. The molecule has 5 nitrogen and oxygen atoms in total. The average molecular weight is 367 g/mol. The topological polar surface area (TPSA) is 75.3 Å². The van der Waals surface area contributed by atoms with E-state index < -0.39 is 10.0 Å². The predicted molar refractivity (Wildman–Crippen MR) is 81.2 cm³/mol. The molecule has 8 heteroatoms. The summed E-state index contributed by atoms with van der Waals surface area (Å²) >= 11 is 7.42. The van der Waals surface area contributed by atoms with Gasteiger partial charge in [-0.2, -0.15) is 0 Å². The van der Waals surface area contributed by atoms with Crippen LogP contribution in [-0.4, -0.2) is 33.2 Å². The second-order valence-electron chi connectivity index (χ2n) is 3.74. The van der Waals surface area contributed by atoms with Crippen LogP contribution in [0.4, 0.5) is 0 Å². The van der Waals surface area contributed by atoms with E-state index in [-0.39, 0.29) is 18.2 Å². The molecule has 0 aromatic heterocycles. The minimum atomic E-state index is -3.32. The minimum Gasteiger partial charge on any atom is -0.351 e. The monoisotopic (exact) mass is 366 g/mol. The van der Waals surface area contributed by atoms with Gasteiger partial charge in [-0.15, -0.1) is 12.6 Å². The lowest BCUT2D eigenvalue weighted by Crippen LogP contribution is -2.34. The highest BCUT2D eigenvalue weighted by molar-refractivity contribution is 9.10. The number of amides is 1.